The number of aromatic carboxylic acids is 1. The highest BCUT2D eigenvalue weighted by molar-refractivity contribution is 6.41. The van der Waals surface area contributed by atoms with Gasteiger partial charge in [0.15, 0.2) is 0 Å². The van der Waals surface area contributed by atoms with Gasteiger partial charge in [0.2, 0.25) is 11.8 Å². The first-order valence-electron chi connectivity index (χ1n) is 9.35. The minimum Gasteiger partial charge on any atom is -0.507 e. The second kappa shape index (κ2) is 9.78. The van der Waals surface area contributed by atoms with Gasteiger partial charge >= 0.3 is 13.1 Å². The van der Waals surface area contributed by atoms with Gasteiger partial charge in [-0.3, -0.25) is 14.5 Å². The van der Waals surface area contributed by atoms with Crippen LogP contribution in [-0.2, 0) is 16.0 Å². The maximum absolute atomic E-state index is 12.5. The molecule has 1 atom stereocenters. The number of hydrogen-bond donors (Lipinski definition) is 5. The van der Waals surface area contributed by atoms with Gasteiger partial charge in [-0.1, -0.05) is 6.07 Å². The number of benzene rings is 1. The molecule has 30 heavy (non-hydrogen) atoms. The standard InChI is InChI=1S/C18H26BN3O8/c1-21(2)12(7-14(20)23)17(25)22-8-11(9-22)30-13-4-3-10(5-6-19(28)29)16(24)15(13)18(26)27/h3-4,11-12,24,28-29H,5-9H2,1-2H3,(H2,20,23)(H,26,27). The lowest BCUT2D eigenvalue weighted by molar-refractivity contribution is -0.146. The van der Waals surface area contributed by atoms with Gasteiger partial charge in [0, 0.05) is 0 Å². The Morgan fingerprint density at radius 1 is 1.30 bits per heavy atom. The Morgan fingerprint density at radius 3 is 2.43 bits per heavy atom. The first-order chi connectivity index (χ1) is 14.0. The molecule has 0 bridgehead atoms. The Hall–Kier alpha value is -2.83. The zero-order valence-electron chi connectivity index (χ0n) is 16.8. The molecule has 0 aromatic heterocycles. The number of hydrogen-bond acceptors (Lipinski definition) is 8. The summed E-state index contributed by atoms with van der Waals surface area (Å²) in [5.41, 5.74) is 5.02. The number of carbonyl (C=O) groups excluding carboxylic acids is 2. The van der Waals surface area contributed by atoms with Crippen LogP contribution in [0.15, 0.2) is 12.1 Å². The van der Waals surface area contributed by atoms with E-state index in [9.17, 15) is 24.6 Å². The van der Waals surface area contributed by atoms with Crippen molar-refractivity contribution in [2.24, 2.45) is 5.73 Å². The van der Waals surface area contributed by atoms with Crippen LogP contribution in [0.4, 0.5) is 0 Å². The van der Waals surface area contributed by atoms with E-state index in [2.05, 4.69) is 0 Å². The van der Waals surface area contributed by atoms with Gasteiger partial charge in [-0.25, -0.2) is 4.79 Å². The Kier molecular flexibility index (Phi) is 7.65. The van der Waals surface area contributed by atoms with E-state index in [1.807, 2.05) is 0 Å². The minimum absolute atomic E-state index is 0.0494. The third kappa shape index (κ3) is 5.62. The van der Waals surface area contributed by atoms with E-state index in [1.165, 1.54) is 17.0 Å². The molecule has 1 fully saturated rings. The molecule has 0 saturated carbocycles. The molecular formula is C18H26BN3O8. The van der Waals surface area contributed by atoms with Crippen molar-refractivity contribution < 1.29 is 39.4 Å². The second-order valence-electron chi connectivity index (χ2n) is 7.40. The fourth-order valence-electron chi connectivity index (χ4n) is 3.17. The third-order valence-electron chi connectivity index (χ3n) is 4.87. The Morgan fingerprint density at radius 2 is 1.93 bits per heavy atom. The van der Waals surface area contributed by atoms with Crippen LogP contribution >= 0.6 is 0 Å². The van der Waals surface area contributed by atoms with Crippen molar-refractivity contribution in [1.82, 2.24) is 9.80 Å². The van der Waals surface area contributed by atoms with Crippen LogP contribution in [0.25, 0.3) is 0 Å². The van der Waals surface area contributed by atoms with Crippen LogP contribution in [0.2, 0.25) is 6.32 Å². The number of likely N-dealkylation sites (N-methyl/N-ethyl adjacent to an activating group) is 1. The molecule has 1 aromatic rings. The van der Waals surface area contributed by atoms with E-state index >= 15 is 0 Å². The predicted molar refractivity (Wildman–Crippen MR) is 106 cm³/mol. The van der Waals surface area contributed by atoms with Crippen LogP contribution in [0.3, 0.4) is 0 Å². The number of amides is 2. The minimum atomic E-state index is -1.58. The van der Waals surface area contributed by atoms with Gasteiger partial charge < -0.3 is 35.6 Å². The van der Waals surface area contributed by atoms with E-state index in [0.717, 1.165) is 0 Å². The number of aromatic hydroxyl groups is 1. The summed E-state index contributed by atoms with van der Waals surface area (Å²) in [5.74, 6) is -2.81. The van der Waals surface area contributed by atoms with Crippen LogP contribution in [-0.4, -0.2) is 94.3 Å². The zero-order chi connectivity index (χ0) is 22.6. The molecule has 0 radical (unpaired) electrons. The van der Waals surface area contributed by atoms with Gasteiger partial charge in [-0.15, -0.1) is 0 Å². The Labute approximate surface area is 173 Å². The quantitative estimate of drug-likeness (QED) is 0.281. The van der Waals surface area contributed by atoms with E-state index in [4.69, 9.17) is 20.5 Å². The molecule has 6 N–H and O–H groups in total. The van der Waals surface area contributed by atoms with Gasteiger partial charge in [0.25, 0.3) is 0 Å². The zero-order valence-corrected chi connectivity index (χ0v) is 16.8. The maximum atomic E-state index is 12.5. The van der Waals surface area contributed by atoms with Crippen LogP contribution in [0.1, 0.15) is 22.3 Å². The average Bonchev–Trinajstić information content (AvgIpc) is 2.60. The summed E-state index contributed by atoms with van der Waals surface area (Å²) >= 11 is 0. The van der Waals surface area contributed by atoms with Crippen molar-refractivity contribution in [3.63, 3.8) is 0 Å². The number of nitrogens with zero attached hydrogens (tertiary/aromatic N) is 2. The molecule has 1 heterocycles. The molecule has 1 saturated heterocycles. The van der Waals surface area contributed by atoms with Crippen LogP contribution < -0.4 is 10.5 Å². The largest absolute Gasteiger partial charge is 0.507 e. The maximum Gasteiger partial charge on any atom is 0.451 e. The summed E-state index contributed by atoms with van der Waals surface area (Å²) in [6.45, 7) is 0.389. The Balaban J connectivity index is 2.06. The molecule has 0 spiro atoms. The van der Waals surface area contributed by atoms with Crippen molar-refractivity contribution in [3.05, 3.63) is 23.3 Å². The molecule has 1 aliphatic heterocycles. The van der Waals surface area contributed by atoms with Gasteiger partial charge in [-0.05, 0) is 38.5 Å². The SMILES string of the molecule is CN(C)C(CC(N)=O)C(=O)N1CC(Oc2ccc(CCB(O)O)c(O)c2C(=O)O)C1. The number of rotatable bonds is 10. The number of aryl methyl sites for hydroxylation is 1. The summed E-state index contributed by atoms with van der Waals surface area (Å²) in [7, 11) is 1.75. The summed E-state index contributed by atoms with van der Waals surface area (Å²) in [4.78, 5) is 38.4. The van der Waals surface area contributed by atoms with Crippen molar-refractivity contribution in [2.45, 2.75) is 31.3 Å². The van der Waals surface area contributed by atoms with Crippen molar-refractivity contribution >= 4 is 24.9 Å². The second-order valence-corrected chi connectivity index (χ2v) is 7.40. The molecule has 0 aliphatic carbocycles. The summed E-state index contributed by atoms with van der Waals surface area (Å²) < 4.78 is 5.67. The van der Waals surface area contributed by atoms with Gasteiger partial charge in [0.05, 0.1) is 25.6 Å². The van der Waals surface area contributed by atoms with Gasteiger partial charge in [0.1, 0.15) is 23.2 Å². The summed E-state index contributed by atoms with van der Waals surface area (Å²) in [6.07, 6.45) is -0.589. The lowest BCUT2D eigenvalue weighted by atomic mass is 9.82. The summed E-state index contributed by atoms with van der Waals surface area (Å²) in [6, 6.07) is 2.15. The number of carboxylic acid groups (broad SMARTS) is 1. The van der Waals surface area contributed by atoms with E-state index in [-0.39, 0.29) is 49.5 Å². The lowest BCUT2D eigenvalue weighted by Crippen LogP contribution is -2.60. The lowest BCUT2D eigenvalue weighted by Gasteiger charge is -2.41. The number of ether oxygens (including phenoxy) is 1. The molecule has 2 rings (SSSR count). The van der Waals surface area contributed by atoms with E-state index in [0.29, 0.717) is 0 Å². The van der Waals surface area contributed by atoms with E-state index in [1.54, 1.807) is 19.0 Å². The summed E-state index contributed by atoms with van der Waals surface area (Å²) in [5, 5.41) is 37.7. The van der Waals surface area contributed by atoms with Crippen molar-refractivity contribution in [2.75, 3.05) is 27.2 Å². The molecular weight excluding hydrogens is 397 g/mol. The monoisotopic (exact) mass is 423 g/mol. The smallest absolute Gasteiger partial charge is 0.451 e. The highest BCUT2D eigenvalue weighted by Gasteiger charge is 2.38. The molecule has 11 nitrogen and oxygen atoms in total. The molecule has 2 amide bonds. The number of likely N-dealkylation sites (tertiary alicyclic amines) is 1. The highest BCUT2D eigenvalue weighted by Crippen LogP contribution is 2.34. The highest BCUT2D eigenvalue weighted by atomic mass is 16.5. The number of carbonyl (C=O) groups is 3. The normalized spacial score (nSPS) is 14.9. The Bertz CT molecular complexity index is 811. The fraction of sp³-hybridized carbons (Fsp3) is 0.500. The van der Waals surface area contributed by atoms with Crippen molar-refractivity contribution in [3.8, 4) is 11.5 Å². The fourth-order valence-corrected chi connectivity index (χ4v) is 3.17. The molecule has 1 aliphatic rings. The number of phenols is 1. The molecule has 12 heteroatoms. The number of nitrogens with two attached hydrogens (primary N) is 1. The molecule has 1 aromatic carbocycles. The third-order valence-corrected chi connectivity index (χ3v) is 4.87. The number of primary amides is 1. The number of carboxylic acids is 1. The molecule has 1 unspecified atom stereocenters. The first-order valence-corrected chi connectivity index (χ1v) is 9.35. The predicted octanol–water partition coefficient (Wildman–Crippen LogP) is -1.50. The van der Waals surface area contributed by atoms with Gasteiger partial charge in [-0.2, -0.15) is 0 Å². The van der Waals surface area contributed by atoms with Crippen LogP contribution in [0.5, 0.6) is 11.5 Å². The molecule has 164 valence electrons. The topological polar surface area (TPSA) is 174 Å². The first kappa shape index (κ1) is 23.5. The van der Waals surface area contributed by atoms with Crippen LogP contribution in [0, 0.1) is 0 Å². The van der Waals surface area contributed by atoms with E-state index < -0.39 is 42.5 Å². The van der Waals surface area contributed by atoms with Crippen molar-refractivity contribution in [1.29, 1.82) is 0 Å². The average molecular weight is 423 g/mol.